The monoisotopic (exact) mass is 315 g/mol. The van der Waals surface area contributed by atoms with Crippen molar-refractivity contribution in [2.75, 3.05) is 5.32 Å². The minimum atomic E-state index is -4.55. The number of pyridine rings is 1. The first-order valence-electron chi connectivity index (χ1n) is 7.16. The van der Waals surface area contributed by atoms with Crippen molar-refractivity contribution in [1.29, 1.82) is 0 Å². The number of carbonyl (C=O) groups excluding carboxylic acids is 1. The van der Waals surface area contributed by atoms with Crippen LogP contribution in [0.4, 0.5) is 23.8 Å². The smallest absolute Gasteiger partial charge is 0.393 e. The Morgan fingerprint density at radius 2 is 1.91 bits per heavy atom. The molecule has 2 amide bonds. The molecular weight excluding hydrogens is 299 g/mol. The number of carbonyl (C=O) groups is 1. The second-order valence-corrected chi connectivity index (χ2v) is 5.75. The number of urea groups is 1. The third-order valence-corrected chi connectivity index (χ3v) is 4.22. The quantitative estimate of drug-likeness (QED) is 0.837. The van der Waals surface area contributed by atoms with Crippen molar-refractivity contribution in [2.45, 2.75) is 50.0 Å². The summed E-state index contributed by atoms with van der Waals surface area (Å²) in [6.07, 6.45) is -2.31. The molecule has 2 bridgehead atoms. The van der Waals surface area contributed by atoms with E-state index in [0.29, 0.717) is 12.8 Å². The van der Waals surface area contributed by atoms with Gasteiger partial charge in [0.2, 0.25) is 0 Å². The van der Waals surface area contributed by atoms with E-state index in [9.17, 15) is 23.1 Å². The molecule has 2 aliphatic rings. The summed E-state index contributed by atoms with van der Waals surface area (Å²) in [4.78, 5) is 17.4. The van der Waals surface area contributed by atoms with E-state index in [1.165, 1.54) is 12.1 Å². The van der Waals surface area contributed by atoms with Crippen LogP contribution in [0.1, 0.15) is 31.4 Å². The second-order valence-electron chi connectivity index (χ2n) is 5.75. The maximum atomic E-state index is 12.6. The summed E-state index contributed by atoms with van der Waals surface area (Å²) in [5, 5.41) is 12.1. The van der Waals surface area contributed by atoms with Gasteiger partial charge in [0, 0.05) is 12.1 Å². The molecular formula is C14H16F3N3O2. The van der Waals surface area contributed by atoms with Gasteiger partial charge in [0.05, 0.1) is 6.10 Å². The molecule has 3 rings (SSSR count). The average molecular weight is 315 g/mol. The van der Waals surface area contributed by atoms with Gasteiger partial charge in [0.1, 0.15) is 11.5 Å². The van der Waals surface area contributed by atoms with Gasteiger partial charge < -0.3 is 10.0 Å². The highest BCUT2D eigenvalue weighted by molar-refractivity contribution is 5.89. The van der Waals surface area contributed by atoms with Crippen LogP contribution in [0.5, 0.6) is 0 Å². The number of fused-ring (bicyclic) bond motifs is 2. The third kappa shape index (κ3) is 2.87. The van der Waals surface area contributed by atoms with Crippen LogP contribution in [-0.2, 0) is 6.18 Å². The molecule has 1 aromatic heterocycles. The lowest BCUT2D eigenvalue weighted by atomic mass is 10.0. The van der Waals surface area contributed by atoms with Gasteiger partial charge >= 0.3 is 12.2 Å². The molecule has 0 saturated carbocycles. The number of piperidine rings is 1. The summed E-state index contributed by atoms with van der Waals surface area (Å²) in [7, 11) is 0. The predicted molar refractivity (Wildman–Crippen MR) is 72.1 cm³/mol. The molecule has 0 spiro atoms. The molecule has 3 heterocycles. The summed E-state index contributed by atoms with van der Waals surface area (Å²) < 4.78 is 37.9. The lowest BCUT2D eigenvalue weighted by molar-refractivity contribution is -0.141. The number of hydrogen-bond acceptors (Lipinski definition) is 3. The molecule has 2 saturated heterocycles. The number of halogens is 3. The van der Waals surface area contributed by atoms with E-state index < -0.39 is 24.0 Å². The number of hydrogen-bond donors (Lipinski definition) is 2. The fraction of sp³-hybridized carbons (Fsp3) is 0.571. The number of aromatic nitrogens is 1. The molecule has 2 atom stereocenters. The third-order valence-electron chi connectivity index (χ3n) is 4.22. The molecule has 8 heteroatoms. The van der Waals surface area contributed by atoms with Crippen molar-refractivity contribution in [3.8, 4) is 0 Å². The Labute approximate surface area is 125 Å². The van der Waals surface area contributed by atoms with E-state index in [1.54, 1.807) is 4.90 Å². The van der Waals surface area contributed by atoms with E-state index in [4.69, 9.17) is 0 Å². The SMILES string of the molecule is O=C(Nc1cccc(C(F)(F)F)n1)N1[C@H]2CC[C@H]1CC(O)C2. The highest BCUT2D eigenvalue weighted by Crippen LogP contribution is 2.36. The number of anilines is 1. The fourth-order valence-corrected chi connectivity index (χ4v) is 3.32. The van der Waals surface area contributed by atoms with Crippen molar-refractivity contribution >= 4 is 11.8 Å². The number of aliphatic hydroxyl groups excluding tert-OH is 1. The van der Waals surface area contributed by atoms with Crippen molar-refractivity contribution < 1.29 is 23.1 Å². The highest BCUT2D eigenvalue weighted by atomic mass is 19.4. The zero-order chi connectivity index (χ0) is 15.9. The summed E-state index contributed by atoms with van der Waals surface area (Å²) in [6.45, 7) is 0. The van der Waals surface area contributed by atoms with Gasteiger partial charge in [0.15, 0.2) is 0 Å². The molecule has 1 aromatic rings. The maximum absolute atomic E-state index is 12.6. The van der Waals surface area contributed by atoms with Gasteiger partial charge in [-0.15, -0.1) is 0 Å². The molecule has 2 aliphatic heterocycles. The average Bonchev–Trinajstić information content (AvgIpc) is 2.70. The predicted octanol–water partition coefficient (Wildman–Crippen LogP) is 2.62. The Bertz CT molecular complexity index is 565. The van der Waals surface area contributed by atoms with Crippen molar-refractivity contribution in [2.24, 2.45) is 0 Å². The molecule has 22 heavy (non-hydrogen) atoms. The molecule has 120 valence electrons. The normalized spacial score (nSPS) is 27.8. The van der Waals surface area contributed by atoms with Gasteiger partial charge in [-0.25, -0.2) is 9.78 Å². The number of aliphatic hydroxyl groups is 1. The Kier molecular flexibility index (Phi) is 3.72. The lowest BCUT2D eigenvalue weighted by Crippen LogP contribution is -2.49. The minimum absolute atomic E-state index is 0.0560. The molecule has 2 fully saturated rings. The van der Waals surface area contributed by atoms with Gasteiger partial charge in [0.25, 0.3) is 0 Å². The van der Waals surface area contributed by atoms with Crippen LogP contribution in [0.25, 0.3) is 0 Å². The van der Waals surface area contributed by atoms with E-state index in [-0.39, 0.29) is 17.9 Å². The Morgan fingerprint density at radius 1 is 1.27 bits per heavy atom. The van der Waals surface area contributed by atoms with E-state index in [0.717, 1.165) is 18.9 Å². The fourth-order valence-electron chi connectivity index (χ4n) is 3.32. The standard InChI is InChI=1S/C14H16F3N3O2/c15-14(16,17)11-2-1-3-12(18-11)19-13(22)20-8-4-5-9(20)7-10(21)6-8/h1-3,8-10,21H,4-7H2,(H,18,19,22)/t8-,9-/m0/s1. The van der Waals surface area contributed by atoms with E-state index in [1.807, 2.05) is 0 Å². The number of nitrogens with zero attached hydrogens (tertiary/aromatic N) is 2. The summed E-state index contributed by atoms with van der Waals surface area (Å²) in [5.41, 5.74) is -1.04. The number of amides is 2. The Hall–Kier alpha value is -1.83. The number of rotatable bonds is 1. The van der Waals surface area contributed by atoms with Crippen LogP contribution in [0.3, 0.4) is 0 Å². The van der Waals surface area contributed by atoms with E-state index in [2.05, 4.69) is 10.3 Å². The Morgan fingerprint density at radius 3 is 2.50 bits per heavy atom. The zero-order valence-corrected chi connectivity index (χ0v) is 11.7. The van der Waals surface area contributed by atoms with Gasteiger partial charge in [-0.05, 0) is 37.8 Å². The molecule has 0 aliphatic carbocycles. The number of nitrogens with one attached hydrogen (secondary N) is 1. The molecule has 0 aromatic carbocycles. The highest BCUT2D eigenvalue weighted by Gasteiger charge is 2.43. The largest absolute Gasteiger partial charge is 0.433 e. The van der Waals surface area contributed by atoms with Crippen molar-refractivity contribution in [1.82, 2.24) is 9.88 Å². The first kappa shape index (κ1) is 15.1. The van der Waals surface area contributed by atoms with Gasteiger partial charge in [-0.2, -0.15) is 13.2 Å². The topological polar surface area (TPSA) is 65.5 Å². The van der Waals surface area contributed by atoms with Crippen LogP contribution in [0.2, 0.25) is 0 Å². The van der Waals surface area contributed by atoms with Crippen LogP contribution in [-0.4, -0.2) is 39.2 Å². The number of alkyl halides is 3. The van der Waals surface area contributed by atoms with Crippen molar-refractivity contribution in [3.63, 3.8) is 0 Å². The molecule has 0 radical (unpaired) electrons. The van der Waals surface area contributed by atoms with Crippen LogP contribution in [0.15, 0.2) is 18.2 Å². The van der Waals surface area contributed by atoms with Crippen molar-refractivity contribution in [3.05, 3.63) is 23.9 Å². The molecule has 0 unspecified atom stereocenters. The molecule has 5 nitrogen and oxygen atoms in total. The van der Waals surface area contributed by atoms with Gasteiger partial charge in [-0.3, -0.25) is 5.32 Å². The van der Waals surface area contributed by atoms with Crippen LogP contribution < -0.4 is 5.32 Å². The maximum Gasteiger partial charge on any atom is 0.433 e. The van der Waals surface area contributed by atoms with Gasteiger partial charge in [-0.1, -0.05) is 6.07 Å². The summed E-state index contributed by atoms with van der Waals surface area (Å²) in [5.74, 6) is -0.120. The van der Waals surface area contributed by atoms with E-state index >= 15 is 0 Å². The Balaban J connectivity index is 1.73. The first-order valence-corrected chi connectivity index (χ1v) is 7.16. The minimum Gasteiger partial charge on any atom is -0.393 e. The molecule has 2 N–H and O–H groups in total. The summed E-state index contributed by atoms with van der Waals surface area (Å²) >= 11 is 0. The first-order chi connectivity index (χ1) is 10.3. The second kappa shape index (κ2) is 5.42. The lowest BCUT2D eigenvalue weighted by Gasteiger charge is -2.36. The summed E-state index contributed by atoms with van der Waals surface area (Å²) in [6, 6.07) is 2.83. The zero-order valence-electron chi connectivity index (χ0n) is 11.7. The van der Waals surface area contributed by atoms with Crippen LogP contribution >= 0.6 is 0 Å². The van der Waals surface area contributed by atoms with Crippen LogP contribution in [0, 0.1) is 0 Å².